The van der Waals surface area contributed by atoms with Gasteiger partial charge >= 0.3 is 0 Å². The molecule has 0 radical (unpaired) electrons. The van der Waals surface area contributed by atoms with E-state index in [0.29, 0.717) is 48.5 Å². The molecular weight excluding hydrogens is 256 g/mol. The van der Waals surface area contributed by atoms with E-state index in [1.54, 1.807) is 18.2 Å². The maximum Gasteiger partial charge on any atom is 0.260 e. The number of nitrogens with two attached hydrogens (primary N) is 1. The standard InChI is InChI=1S/C14H18N4O2/c1-14(20)4-6-18(7-5-14)13-16-11-3-2-9(15)8-10(11)12(19)17-13/h2-3,8,20H,4-7,15H2,1H3,(H,16,17,19). The summed E-state index contributed by atoms with van der Waals surface area (Å²) in [4.78, 5) is 21.4. The molecule has 1 aliphatic heterocycles. The number of nitrogens with zero attached hydrogens (tertiary/aromatic N) is 2. The van der Waals surface area contributed by atoms with E-state index in [2.05, 4.69) is 9.97 Å². The van der Waals surface area contributed by atoms with Crippen molar-refractivity contribution in [3.05, 3.63) is 28.6 Å². The molecule has 0 aliphatic carbocycles. The number of aromatic amines is 1. The Bertz CT molecular complexity index is 698. The van der Waals surface area contributed by atoms with Gasteiger partial charge in [-0.1, -0.05) is 0 Å². The van der Waals surface area contributed by atoms with Gasteiger partial charge < -0.3 is 15.7 Å². The zero-order valence-electron chi connectivity index (χ0n) is 11.4. The zero-order valence-corrected chi connectivity index (χ0v) is 11.4. The summed E-state index contributed by atoms with van der Waals surface area (Å²) in [6, 6.07) is 5.12. The van der Waals surface area contributed by atoms with Gasteiger partial charge in [0.05, 0.1) is 16.5 Å². The van der Waals surface area contributed by atoms with Crippen molar-refractivity contribution >= 4 is 22.5 Å². The molecule has 1 aromatic heterocycles. The van der Waals surface area contributed by atoms with E-state index >= 15 is 0 Å². The molecule has 2 heterocycles. The van der Waals surface area contributed by atoms with Crippen molar-refractivity contribution in [3.63, 3.8) is 0 Å². The van der Waals surface area contributed by atoms with Crippen LogP contribution in [0, 0.1) is 0 Å². The van der Waals surface area contributed by atoms with Gasteiger partial charge in [0.2, 0.25) is 5.95 Å². The normalized spacial score (nSPS) is 18.4. The highest BCUT2D eigenvalue weighted by Gasteiger charge is 2.28. The summed E-state index contributed by atoms with van der Waals surface area (Å²) in [6.07, 6.45) is 1.33. The van der Waals surface area contributed by atoms with Crippen molar-refractivity contribution in [1.82, 2.24) is 9.97 Å². The molecule has 106 valence electrons. The Labute approximate surface area is 116 Å². The molecule has 6 nitrogen and oxygen atoms in total. The molecule has 2 aromatic rings. The SMILES string of the molecule is CC1(O)CCN(c2nc3ccc(N)cc3c(=O)[nH]2)CC1. The lowest BCUT2D eigenvalue weighted by Gasteiger charge is -2.36. The van der Waals surface area contributed by atoms with Crippen LogP contribution in [0.5, 0.6) is 0 Å². The molecule has 0 spiro atoms. The van der Waals surface area contributed by atoms with Crippen LogP contribution in [0.25, 0.3) is 10.9 Å². The Balaban J connectivity index is 1.97. The van der Waals surface area contributed by atoms with Crippen LogP contribution in [-0.2, 0) is 0 Å². The first-order valence-electron chi connectivity index (χ1n) is 6.71. The van der Waals surface area contributed by atoms with Gasteiger partial charge in [-0.2, -0.15) is 0 Å². The van der Waals surface area contributed by atoms with Crippen LogP contribution >= 0.6 is 0 Å². The molecular formula is C14H18N4O2. The number of fused-ring (bicyclic) bond motifs is 1. The first-order chi connectivity index (χ1) is 9.44. The molecule has 20 heavy (non-hydrogen) atoms. The fourth-order valence-corrected chi connectivity index (χ4v) is 2.49. The zero-order chi connectivity index (χ0) is 14.3. The van der Waals surface area contributed by atoms with Gasteiger partial charge in [-0.15, -0.1) is 0 Å². The third-order valence-corrected chi connectivity index (χ3v) is 3.86. The van der Waals surface area contributed by atoms with Crippen LogP contribution in [0.4, 0.5) is 11.6 Å². The molecule has 0 unspecified atom stereocenters. The van der Waals surface area contributed by atoms with Gasteiger partial charge in [0.1, 0.15) is 0 Å². The van der Waals surface area contributed by atoms with Gasteiger partial charge in [-0.25, -0.2) is 4.98 Å². The molecule has 4 N–H and O–H groups in total. The van der Waals surface area contributed by atoms with Crippen LogP contribution in [0.2, 0.25) is 0 Å². The summed E-state index contributed by atoms with van der Waals surface area (Å²) in [5, 5.41) is 10.5. The van der Waals surface area contributed by atoms with Crippen molar-refractivity contribution in [2.45, 2.75) is 25.4 Å². The summed E-state index contributed by atoms with van der Waals surface area (Å²) in [5.74, 6) is 0.558. The summed E-state index contributed by atoms with van der Waals surface area (Å²) in [5.41, 5.74) is 6.06. The number of hydrogen-bond acceptors (Lipinski definition) is 5. The molecule has 0 amide bonds. The van der Waals surface area contributed by atoms with Gasteiger partial charge in [-0.3, -0.25) is 9.78 Å². The minimum absolute atomic E-state index is 0.186. The molecule has 0 atom stereocenters. The van der Waals surface area contributed by atoms with Crippen LogP contribution in [0.15, 0.2) is 23.0 Å². The summed E-state index contributed by atoms with van der Waals surface area (Å²) in [7, 11) is 0. The molecule has 1 saturated heterocycles. The van der Waals surface area contributed by atoms with E-state index in [0.717, 1.165) is 0 Å². The van der Waals surface area contributed by atoms with Crippen molar-refractivity contribution in [2.24, 2.45) is 0 Å². The molecule has 1 aromatic carbocycles. The van der Waals surface area contributed by atoms with Crippen molar-refractivity contribution in [3.8, 4) is 0 Å². The lowest BCUT2D eigenvalue weighted by molar-refractivity contribution is 0.0349. The highest BCUT2D eigenvalue weighted by Crippen LogP contribution is 2.24. The van der Waals surface area contributed by atoms with Crippen LogP contribution in [-0.4, -0.2) is 33.8 Å². The van der Waals surface area contributed by atoms with Crippen LogP contribution in [0.3, 0.4) is 0 Å². The minimum Gasteiger partial charge on any atom is -0.399 e. The maximum atomic E-state index is 12.1. The van der Waals surface area contributed by atoms with E-state index in [9.17, 15) is 9.90 Å². The number of aliphatic hydroxyl groups is 1. The first kappa shape index (κ1) is 12.9. The molecule has 3 rings (SSSR count). The topological polar surface area (TPSA) is 95.2 Å². The summed E-state index contributed by atoms with van der Waals surface area (Å²) >= 11 is 0. The maximum absolute atomic E-state index is 12.1. The monoisotopic (exact) mass is 274 g/mol. The molecule has 6 heteroatoms. The number of hydrogen-bond donors (Lipinski definition) is 3. The van der Waals surface area contributed by atoms with Crippen molar-refractivity contribution < 1.29 is 5.11 Å². The van der Waals surface area contributed by atoms with Gasteiger partial charge in [0.25, 0.3) is 5.56 Å². The Kier molecular flexibility index (Phi) is 2.90. The van der Waals surface area contributed by atoms with E-state index in [1.165, 1.54) is 0 Å². The van der Waals surface area contributed by atoms with Gasteiger partial charge in [-0.05, 0) is 38.0 Å². The Hall–Kier alpha value is -2.08. The fourth-order valence-electron chi connectivity index (χ4n) is 2.49. The lowest BCUT2D eigenvalue weighted by atomic mass is 9.94. The number of H-pyrrole nitrogens is 1. The van der Waals surface area contributed by atoms with Crippen molar-refractivity contribution in [2.75, 3.05) is 23.7 Å². The van der Waals surface area contributed by atoms with Crippen LogP contribution in [0.1, 0.15) is 19.8 Å². The smallest absolute Gasteiger partial charge is 0.260 e. The quantitative estimate of drug-likeness (QED) is 0.670. The van der Waals surface area contributed by atoms with Gasteiger partial charge in [0.15, 0.2) is 0 Å². The predicted molar refractivity (Wildman–Crippen MR) is 78.8 cm³/mol. The number of benzene rings is 1. The Morgan fingerprint density at radius 2 is 2.10 bits per heavy atom. The van der Waals surface area contributed by atoms with E-state index < -0.39 is 5.60 Å². The Morgan fingerprint density at radius 1 is 1.40 bits per heavy atom. The molecule has 0 saturated carbocycles. The number of rotatable bonds is 1. The van der Waals surface area contributed by atoms with Crippen LogP contribution < -0.4 is 16.2 Å². The highest BCUT2D eigenvalue weighted by molar-refractivity contribution is 5.81. The number of nitrogens with one attached hydrogen (secondary N) is 1. The van der Waals surface area contributed by atoms with E-state index in [1.807, 2.05) is 11.8 Å². The van der Waals surface area contributed by atoms with E-state index in [-0.39, 0.29) is 5.56 Å². The fraction of sp³-hybridized carbons (Fsp3) is 0.429. The van der Waals surface area contributed by atoms with E-state index in [4.69, 9.17) is 5.73 Å². The number of aromatic nitrogens is 2. The summed E-state index contributed by atoms with van der Waals surface area (Å²) in [6.45, 7) is 3.19. The number of anilines is 2. The van der Waals surface area contributed by atoms with Crippen molar-refractivity contribution in [1.29, 1.82) is 0 Å². The average molecular weight is 274 g/mol. The second kappa shape index (κ2) is 4.49. The average Bonchev–Trinajstić information content (AvgIpc) is 2.39. The molecule has 1 fully saturated rings. The predicted octanol–water partition coefficient (Wildman–Crippen LogP) is 0.857. The number of piperidine rings is 1. The largest absolute Gasteiger partial charge is 0.399 e. The Morgan fingerprint density at radius 3 is 2.80 bits per heavy atom. The van der Waals surface area contributed by atoms with Gasteiger partial charge in [0, 0.05) is 18.8 Å². The number of nitrogen functional groups attached to an aromatic ring is 1. The highest BCUT2D eigenvalue weighted by atomic mass is 16.3. The third kappa shape index (κ3) is 2.34. The summed E-state index contributed by atoms with van der Waals surface area (Å²) < 4.78 is 0. The minimum atomic E-state index is -0.623. The molecule has 1 aliphatic rings. The second-order valence-corrected chi connectivity index (χ2v) is 5.65. The first-order valence-corrected chi connectivity index (χ1v) is 6.71. The second-order valence-electron chi connectivity index (χ2n) is 5.65. The third-order valence-electron chi connectivity index (χ3n) is 3.86. The molecule has 0 bridgehead atoms. The lowest BCUT2D eigenvalue weighted by Crippen LogP contribution is -2.43.